The molecule has 0 fully saturated rings. The lowest BCUT2D eigenvalue weighted by molar-refractivity contribution is 0.233. The molecule has 0 radical (unpaired) electrons. The molecule has 0 N–H and O–H groups in total. The second kappa shape index (κ2) is 5.13. The van der Waals surface area contributed by atoms with E-state index in [4.69, 9.17) is 4.52 Å². The highest BCUT2D eigenvalue weighted by Gasteiger charge is 2.21. The molecule has 3 aromatic rings. The number of imidazole rings is 1. The molecule has 21 heavy (non-hydrogen) atoms. The predicted molar refractivity (Wildman–Crippen MR) is 80.8 cm³/mol. The van der Waals surface area contributed by atoms with Gasteiger partial charge in [-0.1, -0.05) is 11.2 Å². The number of aromatic nitrogens is 3. The summed E-state index contributed by atoms with van der Waals surface area (Å²) in [6, 6.07) is 6.12. The van der Waals surface area contributed by atoms with Crippen molar-refractivity contribution in [1.82, 2.24) is 19.6 Å². The average Bonchev–Trinajstić information content (AvgIpc) is 3.20. The summed E-state index contributed by atoms with van der Waals surface area (Å²) in [5, 5.41) is 6.24. The molecule has 5 nitrogen and oxygen atoms in total. The van der Waals surface area contributed by atoms with Crippen LogP contribution in [-0.4, -0.2) is 26.2 Å². The third-order valence-corrected chi connectivity index (χ3v) is 4.78. The molecule has 0 amide bonds. The Kier molecular flexibility index (Phi) is 3.12. The predicted octanol–water partition coefficient (Wildman–Crippen LogP) is 2.69. The van der Waals surface area contributed by atoms with Crippen LogP contribution in [-0.2, 0) is 26.6 Å². The van der Waals surface area contributed by atoms with Crippen LogP contribution < -0.4 is 0 Å². The van der Waals surface area contributed by atoms with Gasteiger partial charge in [-0.05, 0) is 11.4 Å². The van der Waals surface area contributed by atoms with Gasteiger partial charge in [-0.15, -0.1) is 11.3 Å². The minimum absolute atomic E-state index is 0.810. The maximum Gasteiger partial charge on any atom is 0.177 e. The summed E-state index contributed by atoms with van der Waals surface area (Å²) >= 11 is 1.67. The molecular weight excluding hydrogens is 284 g/mol. The van der Waals surface area contributed by atoms with E-state index in [1.807, 2.05) is 23.8 Å². The smallest absolute Gasteiger partial charge is 0.177 e. The first-order valence-corrected chi connectivity index (χ1v) is 7.88. The van der Waals surface area contributed by atoms with Gasteiger partial charge in [0.1, 0.15) is 0 Å². The topological polar surface area (TPSA) is 47.1 Å². The van der Waals surface area contributed by atoms with Crippen LogP contribution in [0.2, 0.25) is 0 Å². The molecule has 0 spiro atoms. The standard InChI is InChI=1S/C15H16N4OS/c1-18-10-16-12-9-19(5-4-13(12)18)8-11-7-14(20-17-11)15-3-2-6-21-15/h2-3,6-7,10H,4-5,8-9H2,1H3. The van der Waals surface area contributed by atoms with Gasteiger partial charge < -0.3 is 9.09 Å². The second-order valence-electron chi connectivity index (χ2n) is 5.37. The van der Waals surface area contributed by atoms with Gasteiger partial charge in [0.2, 0.25) is 0 Å². The number of thiophene rings is 1. The van der Waals surface area contributed by atoms with Gasteiger partial charge in [0.05, 0.1) is 22.6 Å². The summed E-state index contributed by atoms with van der Waals surface area (Å²) in [6.45, 7) is 2.73. The minimum atomic E-state index is 0.810. The Morgan fingerprint density at radius 2 is 2.38 bits per heavy atom. The lowest BCUT2D eigenvalue weighted by Gasteiger charge is -2.25. The lowest BCUT2D eigenvalue weighted by atomic mass is 10.1. The molecule has 6 heteroatoms. The molecule has 1 aliphatic heterocycles. The van der Waals surface area contributed by atoms with Crippen LogP contribution in [0.4, 0.5) is 0 Å². The van der Waals surface area contributed by atoms with Gasteiger partial charge in [-0.3, -0.25) is 4.90 Å². The van der Waals surface area contributed by atoms with Crippen LogP contribution in [0, 0.1) is 0 Å². The second-order valence-corrected chi connectivity index (χ2v) is 6.32. The Balaban J connectivity index is 1.48. The number of hydrogen-bond donors (Lipinski definition) is 0. The van der Waals surface area contributed by atoms with Crippen LogP contribution >= 0.6 is 11.3 Å². The van der Waals surface area contributed by atoms with Crippen molar-refractivity contribution in [2.45, 2.75) is 19.5 Å². The van der Waals surface area contributed by atoms with Crippen molar-refractivity contribution in [3.8, 4) is 10.6 Å². The largest absolute Gasteiger partial charge is 0.355 e. The SMILES string of the molecule is Cn1cnc2c1CCN(Cc1cc(-c3cccs3)on1)C2. The van der Waals surface area contributed by atoms with E-state index in [2.05, 4.69) is 32.7 Å². The summed E-state index contributed by atoms with van der Waals surface area (Å²) in [5.74, 6) is 0.857. The molecule has 4 heterocycles. The number of hydrogen-bond acceptors (Lipinski definition) is 5. The molecular formula is C15H16N4OS. The van der Waals surface area contributed by atoms with Crippen molar-refractivity contribution in [2.24, 2.45) is 7.05 Å². The van der Waals surface area contributed by atoms with Gasteiger partial charge in [0.15, 0.2) is 5.76 Å². The molecule has 3 aromatic heterocycles. The molecule has 0 saturated carbocycles. The molecule has 0 aliphatic carbocycles. The van der Waals surface area contributed by atoms with E-state index in [1.54, 1.807) is 11.3 Å². The van der Waals surface area contributed by atoms with Crippen LogP contribution in [0.15, 0.2) is 34.4 Å². The van der Waals surface area contributed by atoms with Crippen LogP contribution in [0.1, 0.15) is 17.1 Å². The van der Waals surface area contributed by atoms with Crippen LogP contribution in [0.3, 0.4) is 0 Å². The Labute approximate surface area is 126 Å². The van der Waals surface area contributed by atoms with Crippen molar-refractivity contribution < 1.29 is 4.52 Å². The highest BCUT2D eigenvalue weighted by atomic mass is 32.1. The monoisotopic (exact) mass is 300 g/mol. The molecule has 108 valence electrons. The summed E-state index contributed by atoms with van der Waals surface area (Å²) in [4.78, 5) is 7.96. The Morgan fingerprint density at radius 3 is 3.24 bits per heavy atom. The summed E-state index contributed by atoms with van der Waals surface area (Å²) in [5.41, 5.74) is 3.52. The molecule has 0 aromatic carbocycles. The van der Waals surface area contributed by atoms with E-state index >= 15 is 0 Å². The highest BCUT2D eigenvalue weighted by molar-refractivity contribution is 7.13. The number of fused-ring (bicyclic) bond motifs is 1. The molecule has 0 unspecified atom stereocenters. The molecule has 0 atom stereocenters. The summed E-state index contributed by atoms with van der Waals surface area (Å²) < 4.78 is 7.56. The minimum Gasteiger partial charge on any atom is -0.355 e. The quantitative estimate of drug-likeness (QED) is 0.746. The maximum absolute atomic E-state index is 5.44. The first kappa shape index (κ1) is 12.8. The van der Waals surface area contributed by atoms with Crippen LogP contribution in [0.5, 0.6) is 0 Å². The molecule has 1 aliphatic rings. The fourth-order valence-electron chi connectivity index (χ4n) is 2.80. The van der Waals surface area contributed by atoms with Gasteiger partial charge in [-0.2, -0.15) is 0 Å². The van der Waals surface area contributed by atoms with Crippen molar-refractivity contribution in [3.05, 3.63) is 47.0 Å². The Morgan fingerprint density at radius 1 is 1.43 bits per heavy atom. The van der Waals surface area contributed by atoms with Gasteiger partial charge in [0, 0.05) is 44.9 Å². The van der Waals surface area contributed by atoms with E-state index < -0.39 is 0 Å². The van der Waals surface area contributed by atoms with E-state index in [0.717, 1.165) is 42.4 Å². The van der Waals surface area contributed by atoms with Crippen molar-refractivity contribution >= 4 is 11.3 Å². The van der Waals surface area contributed by atoms with E-state index in [-0.39, 0.29) is 0 Å². The van der Waals surface area contributed by atoms with Crippen molar-refractivity contribution in [2.75, 3.05) is 6.54 Å². The van der Waals surface area contributed by atoms with E-state index in [1.165, 1.54) is 11.4 Å². The molecule has 0 bridgehead atoms. The van der Waals surface area contributed by atoms with Gasteiger partial charge in [0.25, 0.3) is 0 Å². The normalized spacial score (nSPS) is 15.3. The number of aryl methyl sites for hydroxylation is 1. The van der Waals surface area contributed by atoms with E-state index in [9.17, 15) is 0 Å². The number of nitrogens with zero attached hydrogens (tertiary/aromatic N) is 4. The zero-order valence-corrected chi connectivity index (χ0v) is 12.6. The first-order valence-electron chi connectivity index (χ1n) is 7.00. The number of rotatable bonds is 3. The Hall–Kier alpha value is -1.92. The first-order chi connectivity index (χ1) is 10.3. The van der Waals surface area contributed by atoms with Gasteiger partial charge in [-0.25, -0.2) is 4.98 Å². The Bertz CT molecular complexity index is 744. The zero-order valence-electron chi connectivity index (χ0n) is 11.8. The fourth-order valence-corrected chi connectivity index (χ4v) is 3.47. The average molecular weight is 300 g/mol. The lowest BCUT2D eigenvalue weighted by Crippen LogP contribution is -2.30. The third kappa shape index (κ3) is 2.41. The highest BCUT2D eigenvalue weighted by Crippen LogP contribution is 2.26. The van der Waals surface area contributed by atoms with Crippen molar-refractivity contribution in [3.63, 3.8) is 0 Å². The van der Waals surface area contributed by atoms with E-state index in [0.29, 0.717) is 0 Å². The van der Waals surface area contributed by atoms with Crippen molar-refractivity contribution in [1.29, 1.82) is 0 Å². The fraction of sp³-hybridized carbons (Fsp3) is 0.333. The summed E-state index contributed by atoms with van der Waals surface area (Å²) in [6.07, 6.45) is 2.95. The third-order valence-electron chi connectivity index (χ3n) is 3.89. The van der Waals surface area contributed by atoms with Gasteiger partial charge >= 0.3 is 0 Å². The zero-order chi connectivity index (χ0) is 14.2. The maximum atomic E-state index is 5.44. The van der Waals surface area contributed by atoms with Crippen LogP contribution in [0.25, 0.3) is 10.6 Å². The molecule has 4 rings (SSSR count). The summed E-state index contributed by atoms with van der Waals surface area (Å²) in [7, 11) is 2.06. The molecule has 0 saturated heterocycles.